The smallest absolute Gasteiger partial charge is 0.235 e. The molecule has 0 fully saturated rings. The standard InChI is InChI=1S/C18H24N2O2S/c1-13(2)23(21,22)20-16-8-6-7-14(11-16)15-9-10-17(19-12-15)18(3,4)5/h6-13,20H,1-5H3. The Balaban J connectivity index is 2.30. The number of hydrogen-bond donors (Lipinski definition) is 1. The van der Waals surface area contributed by atoms with E-state index in [4.69, 9.17) is 0 Å². The second-order valence-corrected chi connectivity index (χ2v) is 9.20. The van der Waals surface area contributed by atoms with Gasteiger partial charge in [-0.3, -0.25) is 9.71 Å². The van der Waals surface area contributed by atoms with E-state index in [9.17, 15) is 8.42 Å². The summed E-state index contributed by atoms with van der Waals surface area (Å²) in [7, 11) is -3.34. The van der Waals surface area contributed by atoms with Crippen molar-refractivity contribution < 1.29 is 8.42 Å². The molecule has 124 valence electrons. The number of sulfonamides is 1. The largest absolute Gasteiger partial charge is 0.283 e. The number of pyridine rings is 1. The van der Waals surface area contributed by atoms with E-state index in [0.29, 0.717) is 5.69 Å². The first kappa shape index (κ1) is 17.5. The van der Waals surface area contributed by atoms with E-state index in [1.54, 1.807) is 19.9 Å². The van der Waals surface area contributed by atoms with Crippen LogP contribution in [0.3, 0.4) is 0 Å². The molecule has 0 atom stereocenters. The summed E-state index contributed by atoms with van der Waals surface area (Å²) in [6.07, 6.45) is 1.83. The average Bonchev–Trinajstić information content (AvgIpc) is 2.46. The van der Waals surface area contributed by atoms with Crippen LogP contribution < -0.4 is 4.72 Å². The molecular formula is C18H24N2O2S. The van der Waals surface area contributed by atoms with Gasteiger partial charge in [-0.05, 0) is 37.6 Å². The molecule has 5 heteroatoms. The van der Waals surface area contributed by atoms with Gasteiger partial charge in [0.1, 0.15) is 0 Å². The number of nitrogens with zero attached hydrogens (tertiary/aromatic N) is 1. The molecule has 4 nitrogen and oxygen atoms in total. The van der Waals surface area contributed by atoms with Gasteiger partial charge in [-0.15, -0.1) is 0 Å². The lowest BCUT2D eigenvalue weighted by atomic mass is 9.91. The lowest BCUT2D eigenvalue weighted by Gasteiger charge is -2.17. The summed E-state index contributed by atoms with van der Waals surface area (Å²) in [5.41, 5.74) is 3.49. The minimum absolute atomic E-state index is 0.00722. The maximum Gasteiger partial charge on any atom is 0.235 e. The molecule has 0 spiro atoms. The fourth-order valence-electron chi connectivity index (χ4n) is 2.05. The second kappa shape index (κ2) is 6.32. The molecule has 0 bridgehead atoms. The van der Waals surface area contributed by atoms with Crippen LogP contribution in [-0.2, 0) is 15.4 Å². The number of aromatic nitrogens is 1. The van der Waals surface area contributed by atoms with Gasteiger partial charge in [0, 0.05) is 28.6 Å². The highest BCUT2D eigenvalue weighted by atomic mass is 32.2. The van der Waals surface area contributed by atoms with E-state index in [0.717, 1.165) is 16.8 Å². The molecule has 0 aliphatic rings. The van der Waals surface area contributed by atoms with Crippen molar-refractivity contribution in [3.05, 3.63) is 48.3 Å². The van der Waals surface area contributed by atoms with Gasteiger partial charge in [0.25, 0.3) is 0 Å². The number of rotatable bonds is 4. The Bertz CT molecular complexity index is 773. The first-order chi connectivity index (χ1) is 10.6. The molecule has 0 saturated heterocycles. The molecule has 1 heterocycles. The molecular weight excluding hydrogens is 308 g/mol. The van der Waals surface area contributed by atoms with Gasteiger partial charge < -0.3 is 0 Å². The molecule has 0 amide bonds. The SMILES string of the molecule is CC(C)S(=O)(=O)Nc1cccc(-c2ccc(C(C)(C)C)nc2)c1. The monoisotopic (exact) mass is 332 g/mol. The predicted molar refractivity (Wildman–Crippen MR) is 96.1 cm³/mol. The van der Waals surface area contributed by atoms with E-state index in [1.165, 1.54) is 0 Å². The van der Waals surface area contributed by atoms with Gasteiger partial charge in [-0.1, -0.05) is 39.0 Å². The number of nitrogens with one attached hydrogen (secondary N) is 1. The Morgan fingerprint density at radius 2 is 1.74 bits per heavy atom. The first-order valence-corrected chi connectivity index (χ1v) is 9.23. The van der Waals surface area contributed by atoms with Crippen molar-refractivity contribution in [2.75, 3.05) is 4.72 Å². The highest BCUT2D eigenvalue weighted by molar-refractivity contribution is 7.93. The topological polar surface area (TPSA) is 59.1 Å². The molecule has 0 radical (unpaired) electrons. The summed E-state index contributed by atoms with van der Waals surface area (Å²) in [5, 5.41) is -0.473. The summed E-state index contributed by atoms with van der Waals surface area (Å²) in [5.74, 6) is 0. The summed E-state index contributed by atoms with van der Waals surface area (Å²) >= 11 is 0. The molecule has 1 aromatic carbocycles. The van der Waals surface area contributed by atoms with E-state index in [-0.39, 0.29) is 5.41 Å². The first-order valence-electron chi connectivity index (χ1n) is 7.68. The van der Waals surface area contributed by atoms with Gasteiger partial charge in [0.2, 0.25) is 10.0 Å². The van der Waals surface area contributed by atoms with Crippen molar-refractivity contribution in [1.82, 2.24) is 4.98 Å². The fraction of sp³-hybridized carbons (Fsp3) is 0.389. The van der Waals surface area contributed by atoms with Crippen LogP contribution in [0.1, 0.15) is 40.3 Å². The summed E-state index contributed by atoms with van der Waals surface area (Å²) in [6, 6.07) is 11.4. The van der Waals surface area contributed by atoms with Crippen molar-refractivity contribution in [2.45, 2.75) is 45.3 Å². The Morgan fingerprint density at radius 1 is 1.04 bits per heavy atom. The third kappa shape index (κ3) is 4.32. The van der Waals surface area contributed by atoms with Crippen LogP contribution in [0.15, 0.2) is 42.6 Å². The predicted octanol–water partition coefficient (Wildman–Crippen LogP) is 4.20. The van der Waals surface area contributed by atoms with Crippen molar-refractivity contribution >= 4 is 15.7 Å². The number of benzene rings is 1. The molecule has 0 saturated carbocycles. The highest BCUT2D eigenvalue weighted by Crippen LogP contribution is 2.26. The van der Waals surface area contributed by atoms with Gasteiger partial charge >= 0.3 is 0 Å². The zero-order valence-corrected chi connectivity index (χ0v) is 15.1. The van der Waals surface area contributed by atoms with Crippen LogP contribution >= 0.6 is 0 Å². The molecule has 1 N–H and O–H groups in total. The van der Waals surface area contributed by atoms with Gasteiger partial charge in [0.15, 0.2) is 0 Å². The van der Waals surface area contributed by atoms with E-state index in [1.807, 2.05) is 36.5 Å². The van der Waals surface area contributed by atoms with Crippen LogP contribution in [-0.4, -0.2) is 18.7 Å². The average molecular weight is 332 g/mol. The lowest BCUT2D eigenvalue weighted by molar-refractivity contribution is 0.569. The van der Waals surface area contributed by atoms with Crippen LogP contribution in [0.2, 0.25) is 0 Å². The molecule has 0 aliphatic heterocycles. The van der Waals surface area contributed by atoms with Gasteiger partial charge in [-0.2, -0.15) is 0 Å². The maximum absolute atomic E-state index is 12.0. The van der Waals surface area contributed by atoms with Crippen LogP contribution in [0.25, 0.3) is 11.1 Å². The quantitative estimate of drug-likeness (QED) is 0.913. The Kier molecular flexibility index (Phi) is 4.80. The van der Waals surface area contributed by atoms with E-state index < -0.39 is 15.3 Å². The fourth-order valence-corrected chi connectivity index (χ4v) is 2.74. The lowest BCUT2D eigenvalue weighted by Crippen LogP contribution is -2.22. The van der Waals surface area contributed by atoms with Crippen molar-refractivity contribution in [1.29, 1.82) is 0 Å². The minimum atomic E-state index is -3.34. The summed E-state index contributed by atoms with van der Waals surface area (Å²) in [4.78, 5) is 4.52. The molecule has 23 heavy (non-hydrogen) atoms. The maximum atomic E-state index is 12.0. The van der Waals surface area contributed by atoms with Crippen LogP contribution in [0, 0.1) is 0 Å². The Morgan fingerprint density at radius 3 is 2.26 bits per heavy atom. The Labute approximate surface area is 139 Å². The zero-order chi connectivity index (χ0) is 17.3. The van der Waals surface area contributed by atoms with Crippen LogP contribution in [0.5, 0.6) is 0 Å². The van der Waals surface area contributed by atoms with Gasteiger partial charge in [0.05, 0.1) is 5.25 Å². The Hall–Kier alpha value is -1.88. The molecule has 2 rings (SSSR count). The molecule has 2 aromatic rings. The van der Waals surface area contributed by atoms with Gasteiger partial charge in [-0.25, -0.2) is 8.42 Å². The van der Waals surface area contributed by atoms with Crippen molar-refractivity contribution in [2.24, 2.45) is 0 Å². The number of anilines is 1. The van der Waals surface area contributed by atoms with Crippen LogP contribution in [0.4, 0.5) is 5.69 Å². The molecule has 0 unspecified atom stereocenters. The van der Waals surface area contributed by atoms with E-state index >= 15 is 0 Å². The summed E-state index contributed by atoms with van der Waals surface area (Å²) < 4.78 is 26.6. The molecule has 0 aliphatic carbocycles. The highest BCUT2D eigenvalue weighted by Gasteiger charge is 2.16. The third-order valence-corrected chi connectivity index (χ3v) is 5.37. The minimum Gasteiger partial charge on any atom is -0.283 e. The zero-order valence-electron chi connectivity index (χ0n) is 14.3. The normalized spacial score (nSPS) is 12.4. The number of hydrogen-bond acceptors (Lipinski definition) is 3. The second-order valence-electron chi connectivity index (χ2n) is 6.96. The summed E-state index contributed by atoms with van der Waals surface area (Å²) in [6.45, 7) is 9.67. The molecule has 1 aromatic heterocycles. The third-order valence-electron chi connectivity index (χ3n) is 3.61. The van der Waals surface area contributed by atoms with Crippen molar-refractivity contribution in [3.8, 4) is 11.1 Å². The van der Waals surface area contributed by atoms with Crippen molar-refractivity contribution in [3.63, 3.8) is 0 Å². The van der Waals surface area contributed by atoms with E-state index in [2.05, 4.69) is 30.5 Å².